The normalized spacial score (nSPS) is 15.3. The summed E-state index contributed by atoms with van der Waals surface area (Å²) in [6, 6.07) is 15.8. The van der Waals surface area contributed by atoms with Crippen molar-refractivity contribution in [2.24, 2.45) is 0 Å². The lowest BCUT2D eigenvalue weighted by molar-refractivity contribution is -0.122. The van der Waals surface area contributed by atoms with Gasteiger partial charge in [0.25, 0.3) is 5.91 Å². The minimum Gasteiger partial charge on any atom is -0.385 e. The van der Waals surface area contributed by atoms with Crippen LogP contribution < -0.4 is 0 Å². The molecule has 0 aliphatic carbocycles. The minimum absolute atomic E-state index is 0.122. The Balaban J connectivity index is 1.71. The highest BCUT2D eigenvalue weighted by Gasteiger charge is 2.32. The first kappa shape index (κ1) is 21.4. The second kappa shape index (κ2) is 9.55. The van der Waals surface area contributed by atoms with Crippen LogP contribution in [0.25, 0.3) is 23.0 Å². The van der Waals surface area contributed by atoms with E-state index in [-0.39, 0.29) is 11.7 Å². The summed E-state index contributed by atoms with van der Waals surface area (Å²) >= 11 is 6.68. The highest BCUT2D eigenvalue weighted by atomic mass is 32.2. The number of nitrogens with zero attached hydrogens (tertiary/aromatic N) is 3. The van der Waals surface area contributed by atoms with Gasteiger partial charge < -0.3 is 4.74 Å². The van der Waals surface area contributed by atoms with Crippen molar-refractivity contribution in [3.63, 3.8) is 0 Å². The fourth-order valence-corrected chi connectivity index (χ4v) is 4.54. The van der Waals surface area contributed by atoms with Gasteiger partial charge in [0.05, 0.1) is 16.3 Å². The zero-order valence-corrected chi connectivity index (χ0v) is 18.5. The predicted octanol–water partition coefficient (Wildman–Crippen LogP) is 4.92. The summed E-state index contributed by atoms with van der Waals surface area (Å²) in [5.41, 5.74) is 3.07. The van der Waals surface area contributed by atoms with Gasteiger partial charge in [0.15, 0.2) is 0 Å². The number of halogens is 1. The molecule has 1 aromatic heterocycles. The lowest BCUT2D eigenvalue weighted by atomic mass is 10.1. The van der Waals surface area contributed by atoms with Gasteiger partial charge in [-0.25, -0.2) is 9.07 Å². The maximum Gasteiger partial charge on any atom is 0.266 e. The van der Waals surface area contributed by atoms with Crippen molar-refractivity contribution in [1.29, 1.82) is 0 Å². The Kier molecular flexibility index (Phi) is 6.60. The molecule has 1 aliphatic heterocycles. The molecule has 1 saturated heterocycles. The number of hydrogen-bond acceptors (Lipinski definition) is 5. The van der Waals surface area contributed by atoms with E-state index in [1.165, 1.54) is 23.9 Å². The van der Waals surface area contributed by atoms with E-state index in [0.717, 1.165) is 16.8 Å². The van der Waals surface area contributed by atoms with Gasteiger partial charge in [-0.3, -0.25) is 9.69 Å². The van der Waals surface area contributed by atoms with Crippen LogP contribution in [0.4, 0.5) is 4.39 Å². The van der Waals surface area contributed by atoms with E-state index in [4.69, 9.17) is 22.1 Å². The lowest BCUT2D eigenvalue weighted by Crippen LogP contribution is -2.29. The number of para-hydroxylation sites is 1. The van der Waals surface area contributed by atoms with Gasteiger partial charge in [0, 0.05) is 37.6 Å². The number of carbonyl (C=O) groups excluding carboxylic acids is 1. The molecule has 1 amide bonds. The Bertz CT molecular complexity index is 1130. The van der Waals surface area contributed by atoms with E-state index in [9.17, 15) is 9.18 Å². The molecule has 3 aromatic rings. The molecular formula is C23H20FN3O2S2. The molecule has 8 heteroatoms. The molecule has 1 aliphatic rings. The van der Waals surface area contributed by atoms with Gasteiger partial charge in [0.2, 0.25) is 0 Å². The molecule has 2 heterocycles. The highest BCUT2D eigenvalue weighted by molar-refractivity contribution is 8.26. The zero-order valence-electron chi connectivity index (χ0n) is 16.8. The summed E-state index contributed by atoms with van der Waals surface area (Å²) in [5, 5.41) is 4.71. The first-order valence-corrected chi connectivity index (χ1v) is 10.9. The first-order valence-electron chi connectivity index (χ1n) is 9.72. The van der Waals surface area contributed by atoms with Gasteiger partial charge in [-0.1, -0.05) is 42.2 Å². The molecule has 0 atom stereocenters. The van der Waals surface area contributed by atoms with Crippen LogP contribution in [0.5, 0.6) is 0 Å². The van der Waals surface area contributed by atoms with Gasteiger partial charge in [-0.2, -0.15) is 5.10 Å². The largest absolute Gasteiger partial charge is 0.385 e. The van der Waals surface area contributed by atoms with Gasteiger partial charge in [-0.05, 0) is 48.9 Å². The highest BCUT2D eigenvalue weighted by Crippen LogP contribution is 2.35. The summed E-state index contributed by atoms with van der Waals surface area (Å²) in [4.78, 5) is 15.1. The van der Waals surface area contributed by atoms with Crippen LogP contribution >= 0.6 is 24.0 Å². The Hall–Kier alpha value is -2.81. The number of thiocarbonyl (C=S) groups is 1. The van der Waals surface area contributed by atoms with Crippen molar-refractivity contribution in [2.45, 2.75) is 6.42 Å². The topological polar surface area (TPSA) is 47.4 Å². The number of hydrogen-bond donors (Lipinski definition) is 0. The Labute approximate surface area is 189 Å². The molecule has 1 fully saturated rings. The van der Waals surface area contributed by atoms with Crippen molar-refractivity contribution in [2.75, 3.05) is 20.3 Å². The molecule has 4 rings (SSSR count). The van der Waals surface area contributed by atoms with E-state index < -0.39 is 0 Å². The SMILES string of the molecule is COCCCN1C(=O)C(=Cc2cn(-c3ccccc3)nc2-c2ccc(F)cc2)SC1=S. The number of carbonyl (C=O) groups is 1. The summed E-state index contributed by atoms with van der Waals surface area (Å²) in [6.45, 7) is 1.08. The maximum absolute atomic E-state index is 13.5. The molecular weight excluding hydrogens is 433 g/mol. The number of benzene rings is 2. The quantitative estimate of drug-likeness (QED) is 0.289. The van der Waals surface area contributed by atoms with Crippen LogP contribution in [0.15, 0.2) is 65.7 Å². The Morgan fingerprint density at radius 1 is 1.16 bits per heavy atom. The molecule has 2 aromatic carbocycles. The average Bonchev–Trinajstić information content (AvgIpc) is 3.31. The second-order valence-corrected chi connectivity index (χ2v) is 8.58. The van der Waals surface area contributed by atoms with Crippen molar-refractivity contribution < 1.29 is 13.9 Å². The average molecular weight is 454 g/mol. The van der Waals surface area contributed by atoms with Crippen LogP contribution in [0.3, 0.4) is 0 Å². The van der Waals surface area contributed by atoms with E-state index in [1.807, 2.05) is 36.5 Å². The Morgan fingerprint density at radius 3 is 2.61 bits per heavy atom. The fraction of sp³-hybridized carbons (Fsp3) is 0.174. The summed E-state index contributed by atoms with van der Waals surface area (Å²) < 4.78 is 20.8. The molecule has 31 heavy (non-hydrogen) atoms. The molecule has 5 nitrogen and oxygen atoms in total. The molecule has 0 saturated carbocycles. The number of aromatic nitrogens is 2. The molecule has 0 unspecified atom stereocenters. The van der Waals surface area contributed by atoms with Crippen molar-refractivity contribution >= 4 is 40.3 Å². The lowest BCUT2D eigenvalue weighted by Gasteiger charge is -2.13. The third kappa shape index (κ3) is 4.76. The van der Waals surface area contributed by atoms with Crippen molar-refractivity contribution in [3.8, 4) is 16.9 Å². The summed E-state index contributed by atoms with van der Waals surface area (Å²) in [6.07, 6.45) is 4.38. The molecule has 0 spiro atoms. The van der Waals surface area contributed by atoms with E-state index in [1.54, 1.807) is 34.9 Å². The third-order valence-electron chi connectivity index (χ3n) is 4.77. The molecule has 0 N–H and O–H groups in total. The van der Waals surface area contributed by atoms with Crippen LogP contribution in [0.1, 0.15) is 12.0 Å². The van der Waals surface area contributed by atoms with E-state index >= 15 is 0 Å². The van der Waals surface area contributed by atoms with Gasteiger partial charge in [0.1, 0.15) is 10.1 Å². The van der Waals surface area contributed by atoms with Crippen LogP contribution in [-0.2, 0) is 9.53 Å². The Morgan fingerprint density at radius 2 is 1.90 bits per heavy atom. The molecule has 158 valence electrons. The number of methoxy groups -OCH3 is 1. The summed E-state index contributed by atoms with van der Waals surface area (Å²) in [5.74, 6) is -0.437. The maximum atomic E-state index is 13.5. The predicted molar refractivity (Wildman–Crippen MR) is 125 cm³/mol. The third-order valence-corrected chi connectivity index (χ3v) is 6.15. The molecule has 0 radical (unpaired) electrons. The zero-order chi connectivity index (χ0) is 21.8. The van der Waals surface area contributed by atoms with Crippen LogP contribution in [-0.4, -0.2) is 45.2 Å². The van der Waals surface area contributed by atoms with Crippen LogP contribution in [0.2, 0.25) is 0 Å². The second-order valence-electron chi connectivity index (χ2n) is 6.90. The summed E-state index contributed by atoms with van der Waals surface area (Å²) in [7, 11) is 1.63. The first-order chi connectivity index (χ1) is 15.1. The smallest absolute Gasteiger partial charge is 0.266 e. The number of amides is 1. The van der Waals surface area contributed by atoms with Crippen molar-refractivity contribution in [1.82, 2.24) is 14.7 Å². The van der Waals surface area contributed by atoms with Gasteiger partial charge in [-0.15, -0.1) is 0 Å². The van der Waals surface area contributed by atoms with Crippen LogP contribution in [0, 0.1) is 5.82 Å². The number of rotatable bonds is 7. The fourth-order valence-electron chi connectivity index (χ4n) is 3.24. The number of thioether (sulfide) groups is 1. The van der Waals surface area contributed by atoms with Gasteiger partial charge >= 0.3 is 0 Å². The standard InChI is InChI=1S/C23H20FN3O2S2/c1-29-13-5-12-26-22(28)20(31-23(26)30)14-17-15-27(19-6-3-2-4-7-19)25-21(17)16-8-10-18(24)11-9-16/h2-4,6-11,14-15H,5,12-13H2,1H3. The monoisotopic (exact) mass is 453 g/mol. The van der Waals surface area contributed by atoms with E-state index in [2.05, 4.69) is 0 Å². The van der Waals surface area contributed by atoms with E-state index in [0.29, 0.717) is 34.5 Å². The number of ether oxygens (including phenoxy) is 1. The molecule has 0 bridgehead atoms. The minimum atomic E-state index is -0.315. The van der Waals surface area contributed by atoms with Crippen molar-refractivity contribution in [3.05, 3.63) is 77.1 Å².